The van der Waals surface area contributed by atoms with E-state index in [0.29, 0.717) is 21.7 Å². The SMILES string of the molecule is Cc1ccccc1N(c1cc(-c2cccc(C#N)c2)sc1C(=O)O)S(=O)O. The second kappa shape index (κ2) is 7.72. The van der Waals surface area contributed by atoms with E-state index in [9.17, 15) is 18.7 Å². The van der Waals surface area contributed by atoms with Crippen LogP contribution in [-0.4, -0.2) is 19.8 Å². The highest BCUT2D eigenvalue weighted by Crippen LogP contribution is 2.41. The van der Waals surface area contributed by atoms with Crippen LogP contribution in [-0.2, 0) is 11.3 Å². The Balaban J connectivity index is 2.20. The number of hydrogen-bond acceptors (Lipinski definition) is 4. The Morgan fingerprint density at radius 2 is 1.89 bits per heavy atom. The molecule has 1 atom stereocenters. The summed E-state index contributed by atoms with van der Waals surface area (Å²) in [6, 6.07) is 17.3. The first kappa shape index (κ1) is 18.8. The standard InChI is InChI=1S/C19H14N2O4S2/c1-12-5-2-3-8-15(12)21(27(24)25)16-10-17(26-18(16)19(22)23)14-7-4-6-13(9-14)11-20/h2-10H,1H3,(H,22,23)(H,24,25). The number of aryl methyl sites for hydroxylation is 1. The quantitative estimate of drug-likeness (QED) is 0.613. The molecule has 0 saturated carbocycles. The van der Waals surface area contributed by atoms with Crippen LogP contribution in [0.1, 0.15) is 20.8 Å². The maximum atomic E-state index is 12.1. The van der Waals surface area contributed by atoms with Crippen LogP contribution < -0.4 is 4.31 Å². The molecule has 0 aliphatic heterocycles. The highest BCUT2D eigenvalue weighted by molar-refractivity contribution is 7.81. The van der Waals surface area contributed by atoms with E-state index in [-0.39, 0.29) is 10.6 Å². The predicted octanol–water partition coefficient (Wildman–Crippen LogP) is 4.57. The highest BCUT2D eigenvalue weighted by atomic mass is 32.2. The topological polar surface area (TPSA) is 102 Å². The maximum absolute atomic E-state index is 12.1. The third-order valence-corrected chi connectivity index (χ3v) is 5.76. The Hall–Kier alpha value is -2.99. The molecule has 136 valence electrons. The van der Waals surface area contributed by atoms with Crippen molar-refractivity contribution in [2.45, 2.75) is 6.92 Å². The van der Waals surface area contributed by atoms with Gasteiger partial charge in [-0.2, -0.15) is 5.26 Å². The average Bonchev–Trinajstić information content (AvgIpc) is 3.08. The van der Waals surface area contributed by atoms with Crippen LogP contribution in [0.3, 0.4) is 0 Å². The van der Waals surface area contributed by atoms with Crippen molar-refractivity contribution in [3.05, 3.63) is 70.6 Å². The molecule has 0 saturated heterocycles. The van der Waals surface area contributed by atoms with Gasteiger partial charge in [-0.1, -0.05) is 30.3 Å². The van der Waals surface area contributed by atoms with E-state index in [4.69, 9.17) is 5.26 Å². The minimum Gasteiger partial charge on any atom is -0.477 e. The van der Waals surface area contributed by atoms with Crippen molar-refractivity contribution in [2.75, 3.05) is 4.31 Å². The number of aromatic carboxylic acids is 1. The Labute approximate surface area is 162 Å². The Morgan fingerprint density at radius 3 is 2.52 bits per heavy atom. The fourth-order valence-electron chi connectivity index (χ4n) is 2.66. The summed E-state index contributed by atoms with van der Waals surface area (Å²) in [6.07, 6.45) is 0. The van der Waals surface area contributed by atoms with Crippen LogP contribution >= 0.6 is 11.3 Å². The Kier molecular flexibility index (Phi) is 5.37. The average molecular weight is 398 g/mol. The van der Waals surface area contributed by atoms with Gasteiger partial charge in [-0.25, -0.2) is 13.3 Å². The lowest BCUT2D eigenvalue weighted by molar-refractivity contribution is 0.0703. The van der Waals surface area contributed by atoms with Gasteiger partial charge in [0.1, 0.15) is 4.88 Å². The molecular weight excluding hydrogens is 384 g/mol. The molecule has 0 aliphatic rings. The summed E-state index contributed by atoms with van der Waals surface area (Å²) in [5.41, 5.74) is 2.41. The van der Waals surface area contributed by atoms with Crippen molar-refractivity contribution in [2.24, 2.45) is 0 Å². The number of carbonyl (C=O) groups is 1. The molecule has 1 heterocycles. The van der Waals surface area contributed by atoms with Crippen molar-refractivity contribution in [3.8, 4) is 16.5 Å². The molecule has 3 aromatic rings. The lowest BCUT2D eigenvalue weighted by atomic mass is 10.1. The molecule has 2 aromatic carbocycles. The molecule has 1 unspecified atom stereocenters. The fraction of sp³-hybridized carbons (Fsp3) is 0.0526. The first-order chi connectivity index (χ1) is 12.9. The molecule has 0 spiro atoms. The monoisotopic (exact) mass is 398 g/mol. The van der Waals surface area contributed by atoms with Crippen molar-refractivity contribution in [1.29, 1.82) is 5.26 Å². The number of rotatable bonds is 5. The summed E-state index contributed by atoms with van der Waals surface area (Å²) in [6.45, 7) is 1.78. The van der Waals surface area contributed by atoms with E-state index in [2.05, 4.69) is 0 Å². The van der Waals surface area contributed by atoms with Gasteiger partial charge >= 0.3 is 5.97 Å². The van der Waals surface area contributed by atoms with Crippen molar-refractivity contribution < 1.29 is 18.7 Å². The highest BCUT2D eigenvalue weighted by Gasteiger charge is 2.26. The smallest absolute Gasteiger partial charge is 0.348 e. The van der Waals surface area contributed by atoms with Gasteiger partial charge in [-0.15, -0.1) is 11.3 Å². The Bertz CT molecular complexity index is 1090. The molecule has 27 heavy (non-hydrogen) atoms. The molecule has 8 heteroatoms. The molecule has 1 aromatic heterocycles. The summed E-state index contributed by atoms with van der Waals surface area (Å²) in [7, 11) is 0. The molecule has 0 aliphatic carbocycles. The van der Waals surface area contributed by atoms with Gasteiger partial charge in [0.2, 0.25) is 0 Å². The van der Waals surface area contributed by atoms with Crippen molar-refractivity contribution in [3.63, 3.8) is 0 Å². The zero-order valence-corrected chi connectivity index (χ0v) is 15.8. The normalized spacial score (nSPS) is 11.6. The number of thiophene rings is 1. The second-order valence-corrected chi connectivity index (χ2v) is 7.51. The number of nitrogens with zero attached hydrogens (tertiary/aromatic N) is 2. The number of carboxylic acid groups (broad SMARTS) is 1. The van der Waals surface area contributed by atoms with E-state index < -0.39 is 17.2 Å². The number of hydrogen-bond donors (Lipinski definition) is 2. The maximum Gasteiger partial charge on any atom is 0.348 e. The van der Waals surface area contributed by atoms with Gasteiger partial charge < -0.3 is 5.11 Å². The molecule has 2 N–H and O–H groups in total. The molecule has 0 bridgehead atoms. The van der Waals surface area contributed by atoms with E-state index in [1.807, 2.05) is 6.07 Å². The minimum atomic E-state index is -2.47. The number of anilines is 2. The second-order valence-electron chi connectivity index (χ2n) is 5.63. The summed E-state index contributed by atoms with van der Waals surface area (Å²) >= 11 is -1.48. The van der Waals surface area contributed by atoms with E-state index in [1.54, 1.807) is 61.5 Å². The molecule has 0 amide bonds. The molecular formula is C19H14N2O4S2. The van der Waals surface area contributed by atoms with Crippen LogP contribution in [0.4, 0.5) is 11.4 Å². The molecule has 0 radical (unpaired) electrons. The lowest BCUT2D eigenvalue weighted by Gasteiger charge is -2.21. The van der Waals surface area contributed by atoms with Crippen LogP contribution in [0.5, 0.6) is 0 Å². The minimum absolute atomic E-state index is 0.0574. The summed E-state index contributed by atoms with van der Waals surface area (Å²) in [4.78, 5) is 12.3. The van der Waals surface area contributed by atoms with E-state index >= 15 is 0 Å². The first-order valence-electron chi connectivity index (χ1n) is 7.76. The van der Waals surface area contributed by atoms with Gasteiger partial charge in [0.25, 0.3) is 11.3 Å². The summed E-state index contributed by atoms with van der Waals surface area (Å²) in [5, 5.41) is 18.7. The lowest BCUT2D eigenvalue weighted by Crippen LogP contribution is -2.21. The van der Waals surface area contributed by atoms with Gasteiger partial charge in [-0.05, 0) is 42.3 Å². The number of nitriles is 1. The number of carboxylic acids is 1. The largest absolute Gasteiger partial charge is 0.477 e. The van der Waals surface area contributed by atoms with Gasteiger partial charge in [0.15, 0.2) is 0 Å². The van der Waals surface area contributed by atoms with E-state index in [1.165, 1.54) is 0 Å². The molecule has 0 fully saturated rings. The van der Waals surface area contributed by atoms with Crippen LogP contribution in [0.2, 0.25) is 0 Å². The number of para-hydroxylation sites is 1. The van der Waals surface area contributed by atoms with E-state index in [0.717, 1.165) is 21.2 Å². The van der Waals surface area contributed by atoms with Gasteiger partial charge in [0.05, 0.1) is 23.0 Å². The van der Waals surface area contributed by atoms with Crippen molar-refractivity contribution >= 4 is 39.9 Å². The fourth-order valence-corrected chi connectivity index (χ4v) is 4.38. The van der Waals surface area contributed by atoms with Crippen LogP contribution in [0.15, 0.2) is 54.6 Å². The summed E-state index contributed by atoms with van der Waals surface area (Å²) < 4.78 is 23.0. The third-order valence-electron chi connectivity index (χ3n) is 3.89. The van der Waals surface area contributed by atoms with Crippen molar-refractivity contribution in [1.82, 2.24) is 0 Å². The molecule has 3 rings (SSSR count). The van der Waals surface area contributed by atoms with Gasteiger partial charge in [-0.3, -0.25) is 4.55 Å². The Morgan fingerprint density at radius 1 is 1.15 bits per heavy atom. The third kappa shape index (κ3) is 3.75. The van der Waals surface area contributed by atoms with Crippen LogP contribution in [0, 0.1) is 18.3 Å². The van der Waals surface area contributed by atoms with Crippen LogP contribution in [0.25, 0.3) is 10.4 Å². The zero-order valence-electron chi connectivity index (χ0n) is 14.1. The summed E-state index contributed by atoms with van der Waals surface area (Å²) in [5.74, 6) is -1.19. The van der Waals surface area contributed by atoms with Gasteiger partial charge in [0, 0.05) is 4.88 Å². The predicted molar refractivity (Wildman–Crippen MR) is 106 cm³/mol. The first-order valence-corrected chi connectivity index (χ1v) is 9.64. The zero-order chi connectivity index (χ0) is 19.6. The number of benzene rings is 2. The molecule has 6 nitrogen and oxygen atoms in total.